The molecule has 3 heterocycles. The number of carbonyl (C=O) groups is 1. The zero-order valence-electron chi connectivity index (χ0n) is 14.8. The van der Waals surface area contributed by atoms with E-state index < -0.39 is 0 Å². The van der Waals surface area contributed by atoms with Gasteiger partial charge in [0.2, 0.25) is 0 Å². The van der Waals surface area contributed by atoms with Crippen molar-refractivity contribution in [1.82, 2.24) is 9.80 Å². The SMILES string of the molecule is O=C(c1ccoc1)N1CCO[C@@H]2CC(COCCN3CCCC3)C[C@H]21. The summed E-state index contributed by atoms with van der Waals surface area (Å²) in [5, 5.41) is 0. The molecule has 2 saturated heterocycles. The molecular weight excluding hydrogens is 320 g/mol. The minimum absolute atomic E-state index is 0.0580. The fraction of sp³-hybridized carbons (Fsp3) is 0.737. The first kappa shape index (κ1) is 17.1. The van der Waals surface area contributed by atoms with Crippen molar-refractivity contribution in [3.8, 4) is 0 Å². The van der Waals surface area contributed by atoms with Crippen molar-refractivity contribution in [3.63, 3.8) is 0 Å². The van der Waals surface area contributed by atoms with Crippen molar-refractivity contribution in [1.29, 1.82) is 0 Å². The van der Waals surface area contributed by atoms with E-state index in [0.29, 0.717) is 24.6 Å². The Morgan fingerprint density at radius 2 is 2.12 bits per heavy atom. The highest BCUT2D eigenvalue weighted by Crippen LogP contribution is 2.35. The Balaban J connectivity index is 1.26. The first-order valence-electron chi connectivity index (χ1n) is 9.56. The van der Waals surface area contributed by atoms with Gasteiger partial charge in [0.1, 0.15) is 6.26 Å². The summed E-state index contributed by atoms with van der Waals surface area (Å²) in [6.07, 6.45) is 7.84. The van der Waals surface area contributed by atoms with Crippen LogP contribution in [0.2, 0.25) is 0 Å². The van der Waals surface area contributed by atoms with E-state index in [0.717, 1.165) is 32.6 Å². The topological polar surface area (TPSA) is 55.2 Å². The molecule has 4 rings (SSSR count). The van der Waals surface area contributed by atoms with Gasteiger partial charge in [-0.15, -0.1) is 0 Å². The smallest absolute Gasteiger partial charge is 0.257 e. The summed E-state index contributed by atoms with van der Waals surface area (Å²) in [7, 11) is 0. The highest BCUT2D eigenvalue weighted by molar-refractivity contribution is 5.94. The molecule has 25 heavy (non-hydrogen) atoms. The van der Waals surface area contributed by atoms with Crippen LogP contribution in [0.4, 0.5) is 0 Å². The second-order valence-electron chi connectivity index (χ2n) is 7.45. The highest BCUT2D eigenvalue weighted by Gasteiger charge is 2.43. The second-order valence-corrected chi connectivity index (χ2v) is 7.45. The molecule has 1 aromatic heterocycles. The Bertz CT molecular complexity index is 556. The van der Waals surface area contributed by atoms with Gasteiger partial charge in [-0.25, -0.2) is 0 Å². The molecule has 0 aromatic carbocycles. The van der Waals surface area contributed by atoms with Crippen LogP contribution in [-0.4, -0.2) is 73.9 Å². The Kier molecular flexibility index (Phi) is 5.39. The number of likely N-dealkylation sites (tertiary alicyclic amines) is 1. The number of hydrogen-bond acceptors (Lipinski definition) is 5. The van der Waals surface area contributed by atoms with Crippen molar-refractivity contribution in [2.75, 3.05) is 46.0 Å². The fourth-order valence-corrected chi connectivity index (χ4v) is 4.44. The minimum Gasteiger partial charge on any atom is -0.472 e. The van der Waals surface area contributed by atoms with Crippen LogP contribution in [0.3, 0.4) is 0 Å². The molecule has 0 bridgehead atoms. The summed E-state index contributed by atoms with van der Waals surface area (Å²) in [6, 6.07) is 1.91. The molecule has 6 heteroatoms. The number of furan rings is 1. The Labute approximate surface area is 149 Å². The van der Waals surface area contributed by atoms with Gasteiger partial charge >= 0.3 is 0 Å². The molecule has 0 spiro atoms. The van der Waals surface area contributed by atoms with Crippen molar-refractivity contribution in [2.24, 2.45) is 5.92 Å². The monoisotopic (exact) mass is 348 g/mol. The van der Waals surface area contributed by atoms with Crippen LogP contribution in [-0.2, 0) is 9.47 Å². The van der Waals surface area contributed by atoms with Crippen LogP contribution in [0.15, 0.2) is 23.0 Å². The van der Waals surface area contributed by atoms with E-state index in [-0.39, 0.29) is 18.1 Å². The average molecular weight is 348 g/mol. The van der Waals surface area contributed by atoms with Gasteiger partial charge in [0, 0.05) is 19.7 Å². The molecule has 1 saturated carbocycles. The summed E-state index contributed by atoms with van der Waals surface area (Å²) < 4.78 is 16.9. The van der Waals surface area contributed by atoms with E-state index in [1.807, 2.05) is 4.90 Å². The molecule has 3 fully saturated rings. The Morgan fingerprint density at radius 3 is 2.92 bits per heavy atom. The lowest BCUT2D eigenvalue weighted by atomic mass is 10.1. The molecule has 1 amide bonds. The van der Waals surface area contributed by atoms with Crippen molar-refractivity contribution in [2.45, 2.75) is 37.8 Å². The van der Waals surface area contributed by atoms with Crippen LogP contribution in [0.1, 0.15) is 36.0 Å². The van der Waals surface area contributed by atoms with Crippen molar-refractivity contribution in [3.05, 3.63) is 24.2 Å². The number of ether oxygens (including phenoxy) is 2. The number of amides is 1. The largest absolute Gasteiger partial charge is 0.472 e. The maximum Gasteiger partial charge on any atom is 0.257 e. The summed E-state index contributed by atoms with van der Waals surface area (Å²) in [4.78, 5) is 17.1. The number of morpholine rings is 1. The lowest BCUT2D eigenvalue weighted by Crippen LogP contribution is -2.51. The van der Waals surface area contributed by atoms with E-state index in [2.05, 4.69) is 4.90 Å². The lowest BCUT2D eigenvalue weighted by molar-refractivity contribution is -0.0450. The number of carbonyl (C=O) groups excluding carboxylic acids is 1. The van der Waals surface area contributed by atoms with Crippen molar-refractivity contribution < 1.29 is 18.7 Å². The molecule has 0 N–H and O–H groups in total. The summed E-state index contributed by atoms with van der Waals surface area (Å²) in [5.74, 6) is 0.536. The number of hydrogen-bond donors (Lipinski definition) is 0. The van der Waals surface area contributed by atoms with Gasteiger partial charge in [0.15, 0.2) is 0 Å². The summed E-state index contributed by atoms with van der Waals surface area (Å²) >= 11 is 0. The minimum atomic E-state index is 0.0580. The van der Waals surface area contributed by atoms with Crippen LogP contribution < -0.4 is 0 Å². The fourth-order valence-electron chi connectivity index (χ4n) is 4.44. The molecule has 1 unspecified atom stereocenters. The van der Waals surface area contributed by atoms with E-state index in [4.69, 9.17) is 13.9 Å². The standard InChI is InChI=1S/C19H28N2O4/c22-19(16-3-8-23-14-16)21-7-10-25-18-12-15(11-17(18)21)13-24-9-6-20-4-1-2-5-20/h3,8,14-15,17-18H,1-2,4-7,9-13H2/t15?,17-,18-/m1/s1. The van der Waals surface area contributed by atoms with E-state index >= 15 is 0 Å². The van der Waals surface area contributed by atoms with Crippen LogP contribution in [0.5, 0.6) is 0 Å². The molecule has 0 radical (unpaired) electrons. The third kappa shape index (κ3) is 3.91. The van der Waals surface area contributed by atoms with Gasteiger partial charge < -0.3 is 23.7 Å². The third-order valence-corrected chi connectivity index (χ3v) is 5.77. The van der Waals surface area contributed by atoms with Gasteiger partial charge in [0.25, 0.3) is 5.91 Å². The first-order chi connectivity index (χ1) is 12.3. The van der Waals surface area contributed by atoms with Gasteiger partial charge in [-0.05, 0) is 50.8 Å². The molecule has 3 aliphatic rings. The number of nitrogens with zero attached hydrogens (tertiary/aromatic N) is 2. The Morgan fingerprint density at radius 1 is 1.24 bits per heavy atom. The Hall–Kier alpha value is -1.37. The molecule has 1 aliphatic carbocycles. The predicted molar refractivity (Wildman–Crippen MR) is 92.5 cm³/mol. The molecule has 138 valence electrons. The highest BCUT2D eigenvalue weighted by atomic mass is 16.5. The quantitative estimate of drug-likeness (QED) is 0.736. The average Bonchev–Trinajstić information content (AvgIpc) is 3.39. The lowest BCUT2D eigenvalue weighted by Gasteiger charge is -2.37. The molecule has 6 nitrogen and oxygen atoms in total. The summed E-state index contributed by atoms with van der Waals surface area (Å²) in [6.45, 7) is 6.34. The zero-order chi connectivity index (χ0) is 17.1. The molecular formula is C19H28N2O4. The molecule has 3 atom stereocenters. The van der Waals surface area contributed by atoms with Gasteiger partial charge in [-0.3, -0.25) is 4.79 Å². The van der Waals surface area contributed by atoms with Gasteiger partial charge in [-0.1, -0.05) is 0 Å². The van der Waals surface area contributed by atoms with Crippen molar-refractivity contribution >= 4 is 5.91 Å². The zero-order valence-corrected chi connectivity index (χ0v) is 14.8. The van der Waals surface area contributed by atoms with Crippen LogP contribution in [0, 0.1) is 5.92 Å². The normalized spacial score (nSPS) is 29.9. The van der Waals surface area contributed by atoms with E-state index in [1.165, 1.54) is 32.2 Å². The number of fused-ring (bicyclic) bond motifs is 1. The van der Waals surface area contributed by atoms with E-state index in [1.54, 1.807) is 12.3 Å². The van der Waals surface area contributed by atoms with Crippen LogP contribution in [0.25, 0.3) is 0 Å². The van der Waals surface area contributed by atoms with Gasteiger partial charge in [-0.2, -0.15) is 0 Å². The van der Waals surface area contributed by atoms with Crippen LogP contribution >= 0.6 is 0 Å². The molecule has 1 aromatic rings. The summed E-state index contributed by atoms with van der Waals surface area (Å²) in [5.41, 5.74) is 0.631. The predicted octanol–water partition coefficient (Wildman–Crippen LogP) is 2.01. The van der Waals surface area contributed by atoms with Gasteiger partial charge in [0.05, 0.1) is 37.2 Å². The third-order valence-electron chi connectivity index (χ3n) is 5.77. The number of rotatable bonds is 6. The second kappa shape index (κ2) is 7.89. The maximum atomic E-state index is 12.7. The maximum absolute atomic E-state index is 12.7. The van der Waals surface area contributed by atoms with E-state index in [9.17, 15) is 4.79 Å². The molecule has 2 aliphatic heterocycles. The first-order valence-corrected chi connectivity index (χ1v) is 9.56.